The zero-order valence-electron chi connectivity index (χ0n) is 32.9. The molecule has 282 valence electrons. The lowest BCUT2D eigenvalue weighted by Crippen LogP contribution is -2.09. The van der Waals surface area contributed by atoms with Crippen molar-refractivity contribution in [2.75, 3.05) is 4.90 Å². The first-order valence-corrected chi connectivity index (χ1v) is 20.5. The second-order valence-corrected chi connectivity index (χ2v) is 15.3. The molecule has 0 aliphatic rings. The van der Waals surface area contributed by atoms with Crippen molar-refractivity contribution in [3.8, 4) is 55.6 Å². The summed E-state index contributed by atoms with van der Waals surface area (Å²) in [6.45, 7) is 0. The van der Waals surface area contributed by atoms with Crippen molar-refractivity contribution in [3.05, 3.63) is 237 Å². The molecule has 0 radical (unpaired) electrons. The smallest absolute Gasteiger partial charge is 0.143 e. The summed E-state index contributed by atoms with van der Waals surface area (Å²) in [5.74, 6) is 0. The highest BCUT2D eigenvalue weighted by molar-refractivity contribution is 6.19. The van der Waals surface area contributed by atoms with Gasteiger partial charge in [0.15, 0.2) is 0 Å². The molecule has 0 aliphatic carbocycles. The van der Waals surface area contributed by atoms with Crippen LogP contribution in [-0.4, -0.2) is 0 Å². The van der Waals surface area contributed by atoms with E-state index in [4.69, 9.17) is 4.42 Å². The van der Waals surface area contributed by atoms with E-state index < -0.39 is 0 Å². The third-order valence-corrected chi connectivity index (χ3v) is 11.7. The van der Waals surface area contributed by atoms with E-state index in [1.54, 1.807) is 0 Å². The van der Waals surface area contributed by atoms with Gasteiger partial charge in [0.1, 0.15) is 11.2 Å². The van der Waals surface area contributed by atoms with Gasteiger partial charge in [0, 0.05) is 33.2 Å². The Balaban J connectivity index is 0.996. The van der Waals surface area contributed by atoms with Gasteiger partial charge in [-0.1, -0.05) is 182 Å². The lowest BCUT2D eigenvalue weighted by atomic mass is 9.91. The molecule has 0 unspecified atom stereocenters. The van der Waals surface area contributed by atoms with E-state index in [1.165, 1.54) is 49.9 Å². The molecule has 0 aliphatic heterocycles. The Kier molecular flexibility index (Phi) is 8.87. The minimum atomic E-state index is 0.897. The molecule has 1 heterocycles. The van der Waals surface area contributed by atoms with E-state index in [-0.39, 0.29) is 0 Å². The molecule has 10 aromatic carbocycles. The fourth-order valence-electron chi connectivity index (χ4n) is 8.72. The molecule has 11 aromatic rings. The fraction of sp³-hybridized carbons (Fsp3) is 0. The van der Waals surface area contributed by atoms with Crippen molar-refractivity contribution in [2.45, 2.75) is 0 Å². The van der Waals surface area contributed by atoms with Crippen molar-refractivity contribution < 1.29 is 4.42 Å². The summed E-state index contributed by atoms with van der Waals surface area (Å²) in [7, 11) is 0. The molecule has 0 N–H and O–H groups in total. The molecule has 2 heteroatoms. The van der Waals surface area contributed by atoms with Gasteiger partial charge in [-0.3, -0.25) is 0 Å². The summed E-state index contributed by atoms with van der Waals surface area (Å²) in [6, 6.07) is 84.8. The van der Waals surface area contributed by atoms with Gasteiger partial charge in [-0.05, 0) is 116 Å². The topological polar surface area (TPSA) is 16.4 Å². The van der Waals surface area contributed by atoms with Gasteiger partial charge in [0.2, 0.25) is 0 Å². The first-order valence-electron chi connectivity index (χ1n) is 20.5. The first kappa shape index (κ1) is 35.2. The number of furan rings is 1. The van der Waals surface area contributed by atoms with Crippen molar-refractivity contribution in [3.63, 3.8) is 0 Å². The normalized spacial score (nSPS) is 11.3. The number of anilines is 3. The molecule has 11 rings (SSSR count). The van der Waals surface area contributed by atoms with E-state index in [2.05, 4.69) is 241 Å². The summed E-state index contributed by atoms with van der Waals surface area (Å²) in [5, 5.41) is 4.58. The highest BCUT2D eigenvalue weighted by Gasteiger charge is 2.18. The number of benzene rings is 10. The van der Waals surface area contributed by atoms with Crippen LogP contribution < -0.4 is 4.90 Å². The Hall–Kier alpha value is -7.94. The maximum atomic E-state index is 6.54. The standard InChI is InChI=1S/C58H39NO/c1-4-13-40(14-5-1)42-23-31-48(32-24-42)59(49-33-25-45(26-34-49)51-37-30-47(41-15-6-2-7-16-41)39-55(51)43-17-8-3-9-18-43)50-35-27-46(28-36-50)52-21-12-22-56-57(52)54-38-29-44-19-10-11-20-53(44)58(54)60-56/h1-39H. The lowest BCUT2D eigenvalue weighted by Gasteiger charge is -2.26. The minimum Gasteiger partial charge on any atom is -0.455 e. The summed E-state index contributed by atoms with van der Waals surface area (Å²) >= 11 is 0. The molecular weight excluding hydrogens is 727 g/mol. The van der Waals surface area contributed by atoms with Gasteiger partial charge in [-0.15, -0.1) is 0 Å². The van der Waals surface area contributed by atoms with Crippen LogP contribution in [0.1, 0.15) is 0 Å². The number of fused-ring (bicyclic) bond motifs is 5. The molecular formula is C58H39NO. The molecule has 1 aromatic heterocycles. The maximum absolute atomic E-state index is 6.54. The molecule has 0 bridgehead atoms. The third kappa shape index (κ3) is 6.41. The van der Waals surface area contributed by atoms with Crippen LogP contribution in [0.15, 0.2) is 241 Å². The van der Waals surface area contributed by atoms with Crippen LogP contribution in [0, 0.1) is 0 Å². The number of hydrogen-bond acceptors (Lipinski definition) is 2. The maximum Gasteiger partial charge on any atom is 0.143 e. The quantitative estimate of drug-likeness (QED) is 0.153. The highest BCUT2D eigenvalue weighted by Crippen LogP contribution is 2.43. The Labute approximate surface area is 349 Å². The van der Waals surface area contributed by atoms with Gasteiger partial charge < -0.3 is 9.32 Å². The average molecular weight is 766 g/mol. The SMILES string of the molecule is c1ccc(-c2ccc(N(c3ccc(-c4ccc(-c5ccccc5)cc4-c4ccccc4)cc3)c3ccc(-c4cccc5oc6c7ccccc7ccc6c45)cc3)cc2)cc1. The van der Waals surface area contributed by atoms with Crippen LogP contribution in [0.5, 0.6) is 0 Å². The molecule has 0 fully saturated rings. The van der Waals surface area contributed by atoms with Crippen LogP contribution in [0.25, 0.3) is 88.3 Å². The Morgan fingerprint density at radius 1 is 0.283 bits per heavy atom. The minimum absolute atomic E-state index is 0.897. The molecule has 0 amide bonds. The average Bonchev–Trinajstić information content (AvgIpc) is 3.73. The predicted octanol–water partition coefficient (Wildman–Crippen LogP) is 16.5. The lowest BCUT2D eigenvalue weighted by molar-refractivity contribution is 0.673. The second kappa shape index (κ2) is 15.1. The van der Waals surface area contributed by atoms with Crippen molar-refractivity contribution in [2.24, 2.45) is 0 Å². The van der Waals surface area contributed by atoms with Crippen molar-refractivity contribution in [1.82, 2.24) is 0 Å². The van der Waals surface area contributed by atoms with E-state index in [0.717, 1.165) is 55.5 Å². The zero-order valence-corrected chi connectivity index (χ0v) is 32.9. The molecule has 0 saturated heterocycles. The van der Waals surface area contributed by atoms with Crippen LogP contribution >= 0.6 is 0 Å². The van der Waals surface area contributed by atoms with Gasteiger partial charge in [0.25, 0.3) is 0 Å². The van der Waals surface area contributed by atoms with Gasteiger partial charge in [-0.2, -0.15) is 0 Å². The number of nitrogens with zero attached hydrogens (tertiary/aromatic N) is 1. The van der Waals surface area contributed by atoms with Crippen molar-refractivity contribution in [1.29, 1.82) is 0 Å². The van der Waals surface area contributed by atoms with Crippen molar-refractivity contribution >= 4 is 49.8 Å². The third-order valence-electron chi connectivity index (χ3n) is 11.7. The Bertz CT molecular complexity index is 3260. The van der Waals surface area contributed by atoms with E-state index >= 15 is 0 Å². The van der Waals surface area contributed by atoms with Crippen LogP contribution in [-0.2, 0) is 0 Å². The largest absolute Gasteiger partial charge is 0.455 e. The zero-order chi connectivity index (χ0) is 39.8. The van der Waals surface area contributed by atoms with Crippen LogP contribution in [0.4, 0.5) is 17.1 Å². The molecule has 0 saturated carbocycles. The van der Waals surface area contributed by atoms with E-state index in [0.29, 0.717) is 0 Å². The highest BCUT2D eigenvalue weighted by atomic mass is 16.3. The van der Waals surface area contributed by atoms with Crippen LogP contribution in [0.2, 0.25) is 0 Å². The summed E-state index contributed by atoms with van der Waals surface area (Å²) in [6.07, 6.45) is 0. The predicted molar refractivity (Wildman–Crippen MR) is 253 cm³/mol. The summed E-state index contributed by atoms with van der Waals surface area (Å²) in [4.78, 5) is 2.35. The fourth-order valence-corrected chi connectivity index (χ4v) is 8.72. The Morgan fingerprint density at radius 3 is 1.40 bits per heavy atom. The summed E-state index contributed by atoms with van der Waals surface area (Å²) < 4.78 is 6.54. The monoisotopic (exact) mass is 765 g/mol. The van der Waals surface area contributed by atoms with Gasteiger partial charge in [0.05, 0.1) is 0 Å². The molecule has 2 nitrogen and oxygen atoms in total. The number of hydrogen-bond donors (Lipinski definition) is 0. The van der Waals surface area contributed by atoms with E-state index in [9.17, 15) is 0 Å². The molecule has 60 heavy (non-hydrogen) atoms. The van der Waals surface area contributed by atoms with Crippen LogP contribution in [0.3, 0.4) is 0 Å². The molecule has 0 spiro atoms. The number of rotatable bonds is 8. The van der Waals surface area contributed by atoms with E-state index in [1.807, 2.05) is 0 Å². The summed E-state index contributed by atoms with van der Waals surface area (Å²) in [5.41, 5.74) is 16.9. The van der Waals surface area contributed by atoms with Gasteiger partial charge >= 0.3 is 0 Å². The van der Waals surface area contributed by atoms with Gasteiger partial charge in [-0.25, -0.2) is 0 Å². The Morgan fingerprint density at radius 2 is 0.767 bits per heavy atom. The first-order chi connectivity index (χ1) is 29.7. The second-order valence-electron chi connectivity index (χ2n) is 15.3. The molecule has 0 atom stereocenters.